The minimum atomic E-state index is -0.258. The van der Waals surface area contributed by atoms with Crippen molar-refractivity contribution in [1.82, 2.24) is 0 Å². The maximum absolute atomic E-state index is 10.8. The Kier molecular flexibility index (Phi) is 5.28. The van der Waals surface area contributed by atoms with Crippen LogP contribution in [0.25, 0.3) is 0 Å². The molecule has 0 amide bonds. The molecular formula is C8H15NO3+. The highest BCUT2D eigenvalue weighted by molar-refractivity contribution is 5.76. The number of carbonyl (C=O) groups excluding carboxylic acids is 2. The van der Waals surface area contributed by atoms with Gasteiger partial charge in [-0.15, -0.1) is 5.32 Å². The fourth-order valence-electron chi connectivity index (χ4n) is 0.516. The molecule has 4 heteroatoms. The Morgan fingerprint density at radius 3 is 2.42 bits per heavy atom. The number of hydrogen-bond acceptors (Lipinski definition) is 4. The normalized spacial score (nSPS) is 10.0. The van der Waals surface area contributed by atoms with E-state index in [0.29, 0.717) is 0 Å². The molecule has 69 valence electrons. The lowest BCUT2D eigenvalue weighted by Crippen LogP contribution is -2.86. The minimum Gasteiger partial charge on any atom is -0.410 e. The quantitative estimate of drug-likeness (QED) is 0.332. The molecule has 12 heavy (non-hydrogen) atoms. The third kappa shape index (κ3) is 5.85. The molecule has 0 aromatic rings. The second kappa shape index (κ2) is 5.71. The first-order chi connectivity index (χ1) is 5.54. The van der Waals surface area contributed by atoms with Crippen molar-refractivity contribution in [3.63, 3.8) is 0 Å². The van der Waals surface area contributed by atoms with Crippen LogP contribution in [0, 0.1) is 5.92 Å². The van der Waals surface area contributed by atoms with Gasteiger partial charge in [0.1, 0.15) is 0 Å². The summed E-state index contributed by atoms with van der Waals surface area (Å²) in [6.07, 6.45) is 0. The van der Waals surface area contributed by atoms with Crippen LogP contribution in [0.1, 0.15) is 20.8 Å². The molecular weight excluding hydrogens is 158 g/mol. The van der Waals surface area contributed by atoms with Gasteiger partial charge in [-0.25, -0.2) is 0 Å². The summed E-state index contributed by atoms with van der Waals surface area (Å²) in [7, 11) is 0. The molecule has 0 aliphatic rings. The summed E-state index contributed by atoms with van der Waals surface area (Å²) in [5.41, 5.74) is 0. The number of rotatable bonds is 5. The van der Waals surface area contributed by atoms with Crippen molar-refractivity contribution < 1.29 is 19.6 Å². The lowest BCUT2D eigenvalue weighted by atomic mass is 10.2. The first-order valence-electron chi connectivity index (χ1n) is 3.91. The van der Waals surface area contributed by atoms with Crippen LogP contribution < -0.4 is 5.32 Å². The van der Waals surface area contributed by atoms with Crippen molar-refractivity contribution in [2.75, 3.05) is 13.3 Å². The predicted octanol–water partition coefficient (Wildman–Crippen LogP) is -0.919. The van der Waals surface area contributed by atoms with Crippen LogP contribution >= 0.6 is 0 Å². The number of Topliss-reactive ketones (excluding diaryl/α,β-unsaturated/α-hetero) is 1. The van der Waals surface area contributed by atoms with Gasteiger partial charge in [0.2, 0.25) is 0 Å². The minimum absolute atomic E-state index is 0.0237. The molecule has 0 aromatic carbocycles. The average Bonchev–Trinajstić information content (AvgIpc) is 1.97. The van der Waals surface area contributed by atoms with E-state index < -0.39 is 0 Å². The molecule has 0 unspecified atom stereocenters. The Balaban J connectivity index is 3.32. The van der Waals surface area contributed by atoms with E-state index in [1.54, 1.807) is 13.8 Å². The highest BCUT2D eigenvalue weighted by Crippen LogP contribution is 1.92. The Labute approximate surface area is 72.3 Å². The highest BCUT2D eigenvalue weighted by atomic mass is 16.5. The average molecular weight is 173 g/mol. The van der Waals surface area contributed by atoms with Crippen LogP contribution in [0.2, 0.25) is 0 Å². The Morgan fingerprint density at radius 1 is 1.42 bits per heavy atom. The smallest absolute Gasteiger partial charge is 0.312 e. The van der Waals surface area contributed by atoms with E-state index in [4.69, 9.17) is 4.74 Å². The van der Waals surface area contributed by atoms with Crippen molar-refractivity contribution in [1.29, 1.82) is 0 Å². The number of ketones is 1. The van der Waals surface area contributed by atoms with Crippen LogP contribution in [0.3, 0.4) is 0 Å². The topological polar surface area (TPSA) is 59.0 Å². The Hall–Kier alpha value is -0.900. The first-order valence-corrected chi connectivity index (χ1v) is 3.91. The molecule has 1 radical (unpaired) electrons. The Morgan fingerprint density at radius 2 is 2.00 bits per heavy atom. The zero-order valence-electron chi connectivity index (χ0n) is 7.72. The summed E-state index contributed by atoms with van der Waals surface area (Å²) in [5.74, 6) is -0.356. The van der Waals surface area contributed by atoms with Gasteiger partial charge in [-0.3, -0.25) is 9.59 Å². The number of nitrogens with one attached hydrogen (secondary N) is 1. The second-order valence-corrected chi connectivity index (χ2v) is 2.89. The van der Waals surface area contributed by atoms with Gasteiger partial charge in [0.15, 0.2) is 12.3 Å². The fraction of sp³-hybridized carbons (Fsp3) is 0.750. The van der Waals surface area contributed by atoms with Crippen LogP contribution in [0.4, 0.5) is 0 Å². The van der Waals surface area contributed by atoms with Crippen molar-refractivity contribution in [2.24, 2.45) is 5.92 Å². The van der Waals surface area contributed by atoms with Gasteiger partial charge in [0.05, 0.1) is 5.92 Å². The van der Waals surface area contributed by atoms with Crippen molar-refractivity contribution in [3.05, 3.63) is 0 Å². The third-order valence-electron chi connectivity index (χ3n) is 1.16. The van der Waals surface area contributed by atoms with Gasteiger partial charge >= 0.3 is 5.97 Å². The van der Waals surface area contributed by atoms with Gasteiger partial charge < -0.3 is 4.74 Å². The van der Waals surface area contributed by atoms with Crippen molar-refractivity contribution in [3.8, 4) is 0 Å². The summed E-state index contributed by atoms with van der Waals surface area (Å²) < 4.78 is 4.75. The van der Waals surface area contributed by atoms with Gasteiger partial charge in [0, 0.05) is 6.92 Å². The molecule has 0 heterocycles. The van der Waals surface area contributed by atoms with E-state index >= 15 is 0 Å². The van der Waals surface area contributed by atoms with E-state index in [9.17, 15) is 9.59 Å². The van der Waals surface area contributed by atoms with E-state index in [0.717, 1.165) is 0 Å². The fourth-order valence-corrected chi connectivity index (χ4v) is 0.516. The standard InChI is InChI=1S/C8H15NO3/c1-6(2)8(11)12-5-9-4-7(3)10/h6,9H,4-5H2,1-3H3/q+1. The number of carbonyl (C=O) groups is 2. The molecule has 0 aromatic heterocycles. The van der Waals surface area contributed by atoms with Crippen LogP contribution in [0.5, 0.6) is 0 Å². The highest BCUT2D eigenvalue weighted by Gasteiger charge is 2.09. The molecule has 0 rings (SSSR count). The van der Waals surface area contributed by atoms with Gasteiger partial charge in [-0.2, -0.15) is 0 Å². The van der Waals surface area contributed by atoms with E-state index in [1.807, 2.05) is 0 Å². The number of esters is 1. The van der Waals surface area contributed by atoms with Crippen LogP contribution in [0.15, 0.2) is 0 Å². The lowest BCUT2D eigenvalue weighted by Gasteiger charge is -2.01. The van der Waals surface area contributed by atoms with E-state index in [-0.39, 0.29) is 30.9 Å². The predicted molar refractivity (Wildman–Crippen MR) is 42.3 cm³/mol. The van der Waals surface area contributed by atoms with Crippen molar-refractivity contribution >= 4 is 11.8 Å². The summed E-state index contributed by atoms with van der Waals surface area (Å²) >= 11 is 0. The van der Waals surface area contributed by atoms with Crippen LogP contribution in [-0.2, 0) is 14.3 Å². The molecule has 0 bridgehead atoms. The molecule has 0 atom stereocenters. The lowest BCUT2D eigenvalue weighted by molar-refractivity contribution is -0.672. The summed E-state index contributed by atoms with van der Waals surface area (Å²) in [6.45, 7) is 5.33. The van der Waals surface area contributed by atoms with Gasteiger partial charge in [-0.1, -0.05) is 13.8 Å². The van der Waals surface area contributed by atoms with E-state index in [1.165, 1.54) is 6.92 Å². The third-order valence-corrected chi connectivity index (χ3v) is 1.16. The maximum atomic E-state index is 10.8. The van der Waals surface area contributed by atoms with Crippen molar-refractivity contribution in [2.45, 2.75) is 20.8 Å². The molecule has 0 spiro atoms. The Bertz CT molecular complexity index is 166. The largest absolute Gasteiger partial charge is 0.410 e. The first kappa shape index (κ1) is 11.1. The maximum Gasteiger partial charge on any atom is 0.312 e. The molecule has 0 saturated carbocycles. The zero-order chi connectivity index (χ0) is 9.56. The number of ether oxygens (including phenoxy) is 1. The molecule has 4 nitrogen and oxygen atoms in total. The number of hydrogen-bond donors (Lipinski definition) is 1. The monoisotopic (exact) mass is 173 g/mol. The molecule has 0 aliphatic heterocycles. The summed E-state index contributed by atoms with van der Waals surface area (Å²) in [6, 6.07) is 0. The molecule has 0 fully saturated rings. The zero-order valence-corrected chi connectivity index (χ0v) is 7.72. The molecule has 1 N–H and O–H groups in total. The molecule has 0 saturated heterocycles. The summed E-state index contributed by atoms with van der Waals surface area (Å²) in [4.78, 5) is 21.3. The van der Waals surface area contributed by atoms with E-state index in [2.05, 4.69) is 5.32 Å². The van der Waals surface area contributed by atoms with Gasteiger partial charge in [0.25, 0.3) is 6.73 Å². The summed E-state index contributed by atoms with van der Waals surface area (Å²) in [5, 5.41) is 2.68. The SMILES string of the molecule is CC(=O)C[NH+]COC(=O)C(C)C. The van der Waals surface area contributed by atoms with Crippen LogP contribution in [-0.4, -0.2) is 25.0 Å². The molecule has 0 aliphatic carbocycles. The van der Waals surface area contributed by atoms with Gasteiger partial charge in [-0.05, 0) is 0 Å². The second-order valence-electron chi connectivity index (χ2n) is 2.89.